The molecule has 0 aliphatic heterocycles. The Hall–Kier alpha value is -1.58. The van der Waals surface area contributed by atoms with Crippen molar-refractivity contribution in [1.29, 1.82) is 0 Å². The number of fused-ring (bicyclic) bond motifs is 2. The highest BCUT2D eigenvalue weighted by Gasteiger charge is 2.43. The second kappa shape index (κ2) is 9.28. The highest BCUT2D eigenvalue weighted by atomic mass is 19.1. The van der Waals surface area contributed by atoms with E-state index < -0.39 is 11.6 Å². The zero-order chi connectivity index (χ0) is 21.1. The monoisotopic (exact) mass is 416 g/mol. The van der Waals surface area contributed by atoms with Gasteiger partial charge in [-0.15, -0.1) is 0 Å². The van der Waals surface area contributed by atoms with Crippen molar-refractivity contribution in [3.05, 3.63) is 33.9 Å². The van der Waals surface area contributed by atoms with E-state index in [1.807, 2.05) is 0 Å². The molecule has 1 spiro atoms. The summed E-state index contributed by atoms with van der Waals surface area (Å²) in [6.45, 7) is 0. The standard InChI is InChI=1S/C26H34F2O2/c27-24-18-12-8-4-2-1-3-5-9-13-20(29)22(18)25(28)19-16-26(17-21(30)23(19)24)14-10-6-7-11-15-26/h1-17H2. The predicted octanol–water partition coefficient (Wildman–Crippen LogP) is 7.29. The summed E-state index contributed by atoms with van der Waals surface area (Å²) in [6, 6.07) is 0. The zero-order valence-electron chi connectivity index (χ0n) is 18.1. The van der Waals surface area contributed by atoms with Gasteiger partial charge in [0.1, 0.15) is 11.6 Å². The third-order valence-corrected chi connectivity index (χ3v) is 7.71. The van der Waals surface area contributed by atoms with Gasteiger partial charge in [0, 0.05) is 24.0 Å². The first-order valence-electron chi connectivity index (χ1n) is 12.1. The minimum atomic E-state index is -0.597. The van der Waals surface area contributed by atoms with E-state index >= 15 is 8.78 Å². The van der Waals surface area contributed by atoms with Crippen molar-refractivity contribution in [1.82, 2.24) is 0 Å². The number of carbonyl (C=O) groups is 2. The minimum absolute atomic E-state index is 0.0368. The Morgan fingerprint density at radius 1 is 0.533 bits per heavy atom. The molecule has 3 aliphatic carbocycles. The van der Waals surface area contributed by atoms with Gasteiger partial charge in [0.2, 0.25) is 0 Å². The van der Waals surface area contributed by atoms with Crippen LogP contribution in [0, 0.1) is 17.0 Å². The van der Waals surface area contributed by atoms with E-state index in [-0.39, 0.29) is 45.7 Å². The summed E-state index contributed by atoms with van der Waals surface area (Å²) in [5.41, 5.74) is 0.0365. The summed E-state index contributed by atoms with van der Waals surface area (Å²) >= 11 is 0. The van der Waals surface area contributed by atoms with Gasteiger partial charge in [-0.1, -0.05) is 57.8 Å². The minimum Gasteiger partial charge on any atom is -0.294 e. The molecule has 164 valence electrons. The van der Waals surface area contributed by atoms with Gasteiger partial charge >= 0.3 is 0 Å². The molecule has 0 aromatic heterocycles. The van der Waals surface area contributed by atoms with Gasteiger partial charge in [0.05, 0.1) is 11.1 Å². The Morgan fingerprint density at radius 2 is 1.03 bits per heavy atom. The van der Waals surface area contributed by atoms with Crippen LogP contribution in [-0.4, -0.2) is 11.6 Å². The maximum Gasteiger partial charge on any atom is 0.166 e. The molecule has 1 saturated carbocycles. The Kier molecular flexibility index (Phi) is 6.69. The van der Waals surface area contributed by atoms with E-state index in [9.17, 15) is 9.59 Å². The lowest BCUT2D eigenvalue weighted by atomic mass is 9.66. The van der Waals surface area contributed by atoms with Crippen LogP contribution in [-0.2, 0) is 12.8 Å². The molecule has 0 saturated heterocycles. The van der Waals surface area contributed by atoms with Crippen LogP contribution < -0.4 is 0 Å². The molecule has 1 aromatic rings. The van der Waals surface area contributed by atoms with Gasteiger partial charge in [-0.3, -0.25) is 9.59 Å². The summed E-state index contributed by atoms with van der Waals surface area (Å²) < 4.78 is 31.5. The summed E-state index contributed by atoms with van der Waals surface area (Å²) in [4.78, 5) is 26.1. The van der Waals surface area contributed by atoms with Crippen LogP contribution in [0.2, 0.25) is 0 Å². The van der Waals surface area contributed by atoms with Crippen molar-refractivity contribution in [2.75, 3.05) is 0 Å². The van der Waals surface area contributed by atoms with Crippen molar-refractivity contribution < 1.29 is 18.4 Å². The van der Waals surface area contributed by atoms with Gasteiger partial charge in [-0.25, -0.2) is 8.78 Å². The maximum absolute atomic E-state index is 15.9. The van der Waals surface area contributed by atoms with Crippen molar-refractivity contribution in [3.8, 4) is 0 Å². The molecule has 1 aromatic carbocycles. The molecule has 30 heavy (non-hydrogen) atoms. The molecule has 0 heterocycles. The van der Waals surface area contributed by atoms with E-state index in [1.54, 1.807) is 0 Å². The summed E-state index contributed by atoms with van der Waals surface area (Å²) in [7, 11) is 0. The smallest absolute Gasteiger partial charge is 0.166 e. The number of hydrogen-bond acceptors (Lipinski definition) is 2. The summed E-state index contributed by atoms with van der Waals surface area (Å²) in [5.74, 6) is -1.71. The number of Topliss-reactive ketones (excluding diaryl/α,β-unsaturated/α-hetero) is 2. The SMILES string of the molecule is O=C1CCCCCCCCCc2c(F)c3c(c(F)c21)CC1(CCCCCC1)CC3=O. The number of carbonyl (C=O) groups excluding carboxylic acids is 2. The van der Waals surface area contributed by atoms with E-state index in [4.69, 9.17) is 0 Å². The lowest BCUT2D eigenvalue weighted by molar-refractivity contribution is 0.0848. The lowest BCUT2D eigenvalue weighted by Gasteiger charge is -2.37. The van der Waals surface area contributed by atoms with Crippen LogP contribution >= 0.6 is 0 Å². The Bertz CT molecular complexity index is 819. The zero-order valence-corrected chi connectivity index (χ0v) is 18.1. The summed E-state index contributed by atoms with van der Waals surface area (Å²) in [5, 5.41) is 0. The van der Waals surface area contributed by atoms with E-state index in [0.29, 0.717) is 19.3 Å². The molecule has 0 unspecified atom stereocenters. The number of ketones is 2. The first-order chi connectivity index (χ1) is 14.5. The van der Waals surface area contributed by atoms with Crippen molar-refractivity contribution in [2.24, 2.45) is 5.41 Å². The van der Waals surface area contributed by atoms with Crippen molar-refractivity contribution in [2.45, 2.75) is 109 Å². The van der Waals surface area contributed by atoms with Gasteiger partial charge in [0.25, 0.3) is 0 Å². The number of rotatable bonds is 0. The topological polar surface area (TPSA) is 34.1 Å². The average molecular weight is 417 g/mol. The average Bonchev–Trinajstić information content (AvgIpc) is 2.93. The van der Waals surface area contributed by atoms with Crippen molar-refractivity contribution >= 4 is 11.6 Å². The highest BCUT2D eigenvalue weighted by Crippen LogP contribution is 2.47. The number of halogens is 2. The fraction of sp³-hybridized carbons (Fsp3) is 0.692. The highest BCUT2D eigenvalue weighted by molar-refractivity contribution is 6.03. The fourth-order valence-corrected chi connectivity index (χ4v) is 6.06. The molecule has 0 N–H and O–H groups in total. The molecule has 4 heteroatoms. The maximum atomic E-state index is 15.9. The van der Waals surface area contributed by atoms with Crippen LogP contribution in [0.3, 0.4) is 0 Å². The van der Waals surface area contributed by atoms with E-state index in [2.05, 4.69) is 0 Å². The quantitative estimate of drug-likeness (QED) is 0.445. The first kappa shape index (κ1) is 21.6. The van der Waals surface area contributed by atoms with Gasteiger partial charge < -0.3 is 0 Å². The van der Waals surface area contributed by atoms with Crippen LogP contribution in [0.5, 0.6) is 0 Å². The van der Waals surface area contributed by atoms with Crippen molar-refractivity contribution in [3.63, 3.8) is 0 Å². The van der Waals surface area contributed by atoms with Gasteiger partial charge in [-0.05, 0) is 43.9 Å². The molecular formula is C26H34F2O2. The van der Waals surface area contributed by atoms with Gasteiger partial charge in [-0.2, -0.15) is 0 Å². The van der Waals surface area contributed by atoms with Crippen LogP contribution in [0.15, 0.2) is 0 Å². The third-order valence-electron chi connectivity index (χ3n) is 7.71. The largest absolute Gasteiger partial charge is 0.294 e. The Balaban J connectivity index is 1.79. The molecule has 1 fully saturated rings. The molecule has 0 amide bonds. The number of benzene rings is 1. The predicted molar refractivity (Wildman–Crippen MR) is 114 cm³/mol. The molecule has 0 radical (unpaired) electrons. The molecule has 4 rings (SSSR count). The lowest BCUT2D eigenvalue weighted by Crippen LogP contribution is -2.34. The summed E-state index contributed by atoms with van der Waals surface area (Å²) in [6.07, 6.45) is 14.1. The van der Waals surface area contributed by atoms with Crippen LogP contribution in [0.1, 0.15) is 128 Å². The molecule has 0 bridgehead atoms. The second-order valence-electron chi connectivity index (χ2n) is 9.92. The first-order valence-corrected chi connectivity index (χ1v) is 12.1. The van der Waals surface area contributed by atoms with E-state index in [0.717, 1.165) is 83.5 Å². The van der Waals surface area contributed by atoms with Crippen LogP contribution in [0.25, 0.3) is 0 Å². The molecule has 2 nitrogen and oxygen atoms in total. The normalized spacial score (nSPS) is 23.1. The molecular weight excluding hydrogens is 382 g/mol. The molecule has 3 aliphatic rings. The third kappa shape index (κ3) is 4.24. The van der Waals surface area contributed by atoms with Gasteiger partial charge in [0.15, 0.2) is 11.6 Å². The Morgan fingerprint density at radius 3 is 1.70 bits per heavy atom. The Labute approximate surface area is 178 Å². The number of hydrogen-bond donors (Lipinski definition) is 0. The van der Waals surface area contributed by atoms with Crippen LogP contribution in [0.4, 0.5) is 8.78 Å². The second-order valence-corrected chi connectivity index (χ2v) is 9.92. The molecule has 0 atom stereocenters. The fourth-order valence-electron chi connectivity index (χ4n) is 6.06. The van der Waals surface area contributed by atoms with E-state index in [1.165, 1.54) is 0 Å².